The number of nitrogens with zero attached hydrogens (tertiary/aromatic N) is 1. The minimum Gasteiger partial charge on any atom is -0.326 e. The Morgan fingerprint density at radius 2 is 2.10 bits per heavy atom. The molecule has 0 atom stereocenters. The van der Waals surface area contributed by atoms with Gasteiger partial charge in [0.05, 0.1) is 6.54 Å². The molecule has 0 saturated heterocycles. The van der Waals surface area contributed by atoms with E-state index in [1.165, 1.54) is 25.1 Å². The second kappa shape index (κ2) is 5.77. The van der Waals surface area contributed by atoms with Gasteiger partial charge in [-0.1, -0.05) is 0 Å². The molecule has 2 rings (SSSR count). The Bertz CT molecular complexity index is 573. The zero-order valence-corrected chi connectivity index (χ0v) is 11.9. The lowest BCUT2D eigenvalue weighted by Gasteiger charge is -2.21. The third-order valence-corrected chi connectivity index (χ3v) is 3.11. The van der Waals surface area contributed by atoms with Crippen LogP contribution in [0.1, 0.15) is 12.0 Å². The van der Waals surface area contributed by atoms with E-state index in [0.717, 1.165) is 5.56 Å². The highest BCUT2D eigenvalue weighted by molar-refractivity contribution is 5.98. The van der Waals surface area contributed by atoms with Crippen LogP contribution in [0.2, 0.25) is 0 Å². The van der Waals surface area contributed by atoms with E-state index in [-0.39, 0.29) is 5.91 Å². The van der Waals surface area contributed by atoms with E-state index in [4.69, 9.17) is 0 Å². The highest BCUT2D eigenvalue weighted by Crippen LogP contribution is 2.26. The van der Waals surface area contributed by atoms with Crippen LogP contribution in [-0.2, 0) is 16.0 Å². The molecule has 1 aromatic carbocycles. The van der Waals surface area contributed by atoms with Crippen molar-refractivity contribution < 1.29 is 18.4 Å². The molecule has 2 amide bonds. The van der Waals surface area contributed by atoms with Crippen LogP contribution in [0.3, 0.4) is 0 Å². The molecule has 2 N–H and O–H groups in total. The van der Waals surface area contributed by atoms with Crippen LogP contribution in [0.15, 0.2) is 18.2 Å². The maximum absolute atomic E-state index is 13.6. The number of nitrogens with one attached hydrogen (secondary N) is 2. The van der Waals surface area contributed by atoms with Gasteiger partial charge in [-0.2, -0.15) is 8.78 Å². The van der Waals surface area contributed by atoms with Gasteiger partial charge in [0.15, 0.2) is 0 Å². The molecule has 1 aromatic rings. The van der Waals surface area contributed by atoms with Crippen LogP contribution in [0, 0.1) is 0 Å². The first kappa shape index (κ1) is 15.4. The van der Waals surface area contributed by atoms with Crippen LogP contribution in [0.4, 0.5) is 20.2 Å². The van der Waals surface area contributed by atoms with Gasteiger partial charge in [-0.15, -0.1) is 0 Å². The van der Waals surface area contributed by atoms with Crippen LogP contribution in [0.5, 0.6) is 0 Å². The molecule has 21 heavy (non-hydrogen) atoms. The molecule has 1 aliphatic heterocycles. The summed E-state index contributed by atoms with van der Waals surface area (Å²) < 4.78 is 27.3. The van der Waals surface area contributed by atoms with Gasteiger partial charge in [0.2, 0.25) is 5.91 Å². The summed E-state index contributed by atoms with van der Waals surface area (Å²) in [6, 6.07) is 4.71. The first-order valence-electron chi connectivity index (χ1n) is 6.55. The van der Waals surface area contributed by atoms with E-state index in [2.05, 4.69) is 10.6 Å². The number of carbonyl (C=O) groups excluding carboxylic acids is 2. The van der Waals surface area contributed by atoms with E-state index < -0.39 is 18.4 Å². The lowest BCUT2D eigenvalue weighted by molar-refractivity contribution is -0.141. The smallest absolute Gasteiger partial charge is 0.326 e. The molecular formula is C14H17F2N3O2. The molecule has 0 aliphatic carbocycles. The number of halogens is 2. The average molecular weight is 297 g/mol. The predicted octanol–water partition coefficient (Wildman–Crippen LogP) is 1.71. The number of hydrogen-bond donors (Lipinski definition) is 2. The Labute approximate surface area is 121 Å². The molecule has 0 radical (unpaired) electrons. The Hall–Kier alpha value is -2.02. The largest absolute Gasteiger partial charge is 0.337 e. The summed E-state index contributed by atoms with van der Waals surface area (Å²) in [5.74, 6) is -4.87. The molecule has 0 aromatic heterocycles. The number of benzene rings is 1. The average Bonchev–Trinajstić information content (AvgIpc) is 2.37. The van der Waals surface area contributed by atoms with Gasteiger partial charge in [0.25, 0.3) is 5.91 Å². The van der Waals surface area contributed by atoms with Gasteiger partial charge in [-0.05, 0) is 44.3 Å². The van der Waals surface area contributed by atoms with Crippen molar-refractivity contribution in [3.63, 3.8) is 0 Å². The van der Waals surface area contributed by atoms with Crippen molar-refractivity contribution in [3.8, 4) is 0 Å². The van der Waals surface area contributed by atoms with E-state index in [1.807, 2.05) is 0 Å². The van der Waals surface area contributed by atoms with Crippen molar-refractivity contribution in [2.75, 3.05) is 31.3 Å². The first-order valence-corrected chi connectivity index (χ1v) is 6.55. The standard InChI is InChI=1S/C14H17F2N3O2/c1-19(2)8-14(15,16)13(21)17-10-4-5-11-9(7-10)3-6-12(20)18-11/h4-5,7H,3,6,8H2,1-2H3,(H,17,21)(H,18,20). The second-order valence-electron chi connectivity index (χ2n) is 5.32. The summed E-state index contributed by atoms with van der Waals surface area (Å²) in [6.45, 7) is -0.653. The number of fused-ring (bicyclic) bond motifs is 1. The quantitative estimate of drug-likeness (QED) is 0.889. The summed E-state index contributed by atoms with van der Waals surface area (Å²) in [4.78, 5) is 24.1. The number of alkyl halides is 2. The second-order valence-corrected chi connectivity index (χ2v) is 5.32. The number of rotatable bonds is 4. The maximum Gasteiger partial charge on any atom is 0.337 e. The Morgan fingerprint density at radius 1 is 1.38 bits per heavy atom. The summed E-state index contributed by atoms with van der Waals surface area (Å²) in [5, 5.41) is 4.91. The maximum atomic E-state index is 13.6. The van der Waals surface area contributed by atoms with E-state index in [0.29, 0.717) is 24.2 Å². The highest BCUT2D eigenvalue weighted by Gasteiger charge is 2.39. The minimum atomic E-state index is -3.46. The van der Waals surface area contributed by atoms with Gasteiger partial charge in [-0.25, -0.2) is 0 Å². The number of anilines is 2. The number of hydrogen-bond acceptors (Lipinski definition) is 3. The van der Waals surface area contributed by atoms with Gasteiger partial charge >= 0.3 is 5.92 Å². The van der Waals surface area contributed by atoms with Crippen molar-refractivity contribution in [1.29, 1.82) is 0 Å². The summed E-state index contributed by atoms with van der Waals surface area (Å²) in [7, 11) is 2.95. The number of carbonyl (C=O) groups is 2. The zero-order chi connectivity index (χ0) is 15.6. The molecule has 0 fully saturated rings. The fourth-order valence-electron chi connectivity index (χ4n) is 2.15. The fraction of sp³-hybridized carbons (Fsp3) is 0.429. The first-order chi connectivity index (χ1) is 9.78. The fourth-order valence-corrected chi connectivity index (χ4v) is 2.15. The molecule has 1 aliphatic rings. The molecule has 0 saturated carbocycles. The molecule has 0 bridgehead atoms. The molecule has 0 unspecified atom stereocenters. The van der Waals surface area contributed by atoms with Crippen molar-refractivity contribution >= 4 is 23.2 Å². The summed E-state index contributed by atoms with van der Waals surface area (Å²) in [5.41, 5.74) is 1.78. The zero-order valence-electron chi connectivity index (χ0n) is 11.9. The molecule has 1 heterocycles. The molecule has 5 nitrogen and oxygen atoms in total. The number of aryl methyl sites for hydroxylation is 1. The van der Waals surface area contributed by atoms with Crippen LogP contribution >= 0.6 is 0 Å². The van der Waals surface area contributed by atoms with Crippen LogP contribution in [0.25, 0.3) is 0 Å². The number of amides is 2. The molecule has 7 heteroatoms. The van der Waals surface area contributed by atoms with Gasteiger partial charge in [0, 0.05) is 17.8 Å². The van der Waals surface area contributed by atoms with Crippen LogP contribution in [-0.4, -0.2) is 43.3 Å². The van der Waals surface area contributed by atoms with Crippen molar-refractivity contribution in [2.24, 2.45) is 0 Å². The predicted molar refractivity (Wildman–Crippen MR) is 75.5 cm³/mol. The normalized spacial score (nSPS) is 14.6. The monoisotopic (exact) mass is 297 g/mol. The SMILES string of the molecule is CN(C)CC(F)(F)C(=O)Nc1ccc2c(c1)CCC(=O)N2. The van der Waals surface area contributed by atoms with E-state index >= 15 is 0 Å². The third kappa shape index (κ3) is 3.75. The van der Waals surface area contributed by atoms with Gasteiger partial charge in [-0.3, -0.25) is 9.59 Å². The third-order valence-electron chi connectivity index (χ3n) is 3.11. The van der Waals surface area contributed by atoms with Crippen molar-refractivity contribution in [2.45, 2.75) is 18.8 Å². The summed E-state index contributed by atoms with van der Waals surface area (Å²) in [6.07, 6.45) is 0.875. The highest BCUT2D eigenvalue weighted by atomic mass is 19.3. The minimum absolute atomic E-state index is 0.0724. The van der Waals surface area contributed by atoms with Crippen LogP contribution < -0.4 is 10.6 Å². The van der Waals surface area contributed by atoms with Crippen molar-refractivity contribution in [1.82, 2.24) is 4.90 Å². The van der Waals surface area contributed by atoms with Crippen molar-refractivity contribution in [3.05, 3.63) is 23.8 Å². The van der Waals surface area contributed by atoms with Gasteiger partial charge in [0.1, 0.15) is 0 Å². The molecular weight excluding hydrogens is 280 g/mol. The lowest BCUT2D eigenvalue weighted by atomic mass is 10.0. The van der Waals surface area contributed by atoms with Gasteiger partial charge < -0.3 is 15.5 Å². The molecule has 0 spiro atoms. The molecule has 114 valence electrons. The summed E-state index contributed by atoms with van der Waals surface area (Å²) >= 11 is 0. The lowest BCUT2D eigenvalue weighted by Crippen LogP contribution is -2.43. The topological polar surface area (TPSA) is 61.4 Å². The Balaban J connectivity index is 2.10. The Kier molecular flexibility index (Phi) is 4.22. The van der Waals surface area contributed by atoms with E-state index in [9.17, 15) is 18.4 Å². The Morgan fingerprint density at radius 3 is 2.76 bits per heavy atom. The van der Waals surface area contributed by atoms with E-state index in [1.54, 1.807) is 12.1 Å².